The van der Waals surface area contributed by atoms with Crippen LogP contribution in [-0.2, 0) is 10.3 Å². The van der Waals surface area contributed by atoms with E-state index in [0.717, 1.165) is 31.7 Å². The molecule has 1 aromatic heterocycles. The van der Waals surface area contributed by atoms with Crippen molar-refractivity contribution in [2.75, 3.05) is 46.3 Å². The second-order valence-electron chi connectivity index (χ2n) is 7.30. The minimum atomic E-state index is -0.987. The molecule has 2 aliphatic rings. The molecular formula is C18H33Cl4N5O. The minimum Gasteiger partial charge on any atom is -0.338 e. The molecule has 28 heavy (non-hydrogen) atoms. The van der Waals surface area contributed by atoms with Gasteiger partial charge in [-0.25, -0.2) is 0 Å². The summed E-state index contributed by atoms with van der Waals surface area (Å²) < 4.78 is 0. The van der Waals surface area contributed by atoms with Crippen molar-refractivity contribution in [3.05, 3.63) is 30.1 Å². The van der Waals surface area contributed by atoms with Crippen molar-refractivity contribution in [3.8, 4) is 0 Å². The lowest BCUT2D eigenvalue weighted by atomic mass is 9.92. The van der Waals surface area contributed by atoms with E-state index in [4.69, 9.17) is 5.73 Å². The predicted octanol–water partition coefficient (Wildman–Crippen LogP) is 2.18. The van der Waals surface area contributed by atoms with E-state index in [1.165, 1.54) is 25.9 Å². The molecule has 2 aliphatic heterocycles. The molecule has 164 valence electrons. The van der Waals surface area contributed by atoms with Crippen molar-refractivity contribution in [1.82, 2.24) is 19.7 Å². The molecular weight excluding hydrogens is 444 g/mol. The summed E-state index contributed by atoms with van der Waals surface area (Å²) in [6, 6.07) is 4.32. The van der Waals surface area contributed by atoms with Crippen molar-refractivity contribution in [3.63, 3.8) is 0 Å². The number of carbonyl (C=O) groups excluding carboxylic acids is 1. The van der Waals surface area contributed by atoms with E-state index in [1.807, 2.05) is 17.0 Å². The third-order valence-electron chi connectivity index (χ3n) is 5.53. The average molecular weight is 477 g/mol. The van der Waals surface area contributed by atoms with Gasteiger partial charge in [-0.2, -0.15) is 0 Å². The van der Waals surface area contributed by atoms with Gasteiger partial charge in [-0.05, 0) is 57.6 Å². The standard InChI is InChI=1S/C18H29N5O.4ClH/c1-18(19,15-3-7-20-8-4-15)17(24)23-13-11-22(12-14-23)16-5-9-21(2)10-6-16;;;;/h3-4,7-8,16H,5-6,9-14,19H2,1-2H3;4*1H/t18-;;;;/m0..../s1. The number of piperidine rings is 1. The van der Waals surface area contributed by atoms with Crippen LogP contribution >= 0.6 is 49.6 Å². The van der Waals surface area contributed by atoms with Gasteiger partial charge in [-0.15, -0.1) is 49.6 Å². The summed E-state index contributed by atoms with van der Waals surface area (Å²) in [5.74, 6) is 0.0109. The van der Waals surface area contributed by atoms with E-state index in [-0.39, 0.29) is 55.5 Å². The zero-order valence-corrected chi connectivity index (χ0v) is 19.7. The Hall–Kier alpha value is -0.340. The molecule has 0 aliphatic carbocycles. The third kappa shape index (κ3) is 6.87. The van der Waals surface area contributed by atoms with Gasteiger partial charge in [0.25, 0.3) is 0 Å². The van der Waals surface area contributed by atoms with Gasteiger partial charge in [0.15, 0.2) is 0 Å². The normalized spacial score (nSPS) is 20.5. The molecule has 3 heterocycles. The van der Waals surface area contributed by atoms with Crippen LogP contribution in [0.1, 0.15) is 25.3 Å². The van der Waals surface area contributed by atoms with Crippen molar-refractivity contribution >= 4 is 55.5 Å². The number of hydrogen-bond donors (Lipinski definition) is 1. The van der Waals surface area contributed by atoms with Gasteiger partial charge < -0.3 is 15.5 Å². The van der Waals surface area contributed by atoms with Crippen molar-refractivity contribution in [1.29, 1.82) is 0 Å². The molecule has 1 aromatic rings. The second kappa shape index (κ2) is 13.1. The van der Waals surface area contributed by atoms with Crippen molar-refractivity contribution < 1.29 is 4.79 Å². The second-order valence-corrected chi connectivity index (χ2v) is 7.30. The van der Waals surface area contributed by atoms with Gasteiger partial charge in [0.1, 0.15) is 5.54 Å². The molecule has 2 saturated heterocycles. The van der Waals surface area contributed by atoms with E-state index in [9.17, 15) is 4.79 Å². The highest BCUT2D eigenvalue weighted by molar-refractivity contribution is 5.87. The molecule has 1 atom stereocenters. The van der Waals surface area contributed by atoms with Crippen LogP contribution in [0, 0.1) is 0 Å². The maximum atomic E-state index is 12.9. The fourth-order valence-corrected chi connectivity index (χ4v) is 3.80. The number of aromatic nitrogens is 1. The Kier molecular flexibility index (Phi) is 13.9. The van der Waals surface area contributed by atoms with E-state index in [0.29, 0.717) is 6.04 Å². The maximum absolute atomic E-state index is 12.9. The highest BCUT2D eigenvalue weighted by Crippen LogP contribution is 2.22. The highest BCUT2D eigenvalue weighted by atomic mass is 35.5. The summed E-state index contributed by atoms with van der Waals surface area (Å²) in [5.41, 5.74) is 6.20. The number of halogens is 4. The van der Waals surface area contributed by atoms with Crippen LogP contribution in [-0.4, -0.2) is 77.9 Å². The number of hydrogen-bond acceptors (Lipinski definition) is 5. The monoisotopic (exact) mass is 475 g/mol. The lowest BCUT2D eigenvalue weighted by Crippen LogP contribution is -2.58. The number of carbonyl (C=O) groups is 1. The van der Waals surface area contributed by atoms with E-state index >= 15 is 0 Å². The summed E-state index contributed by atoms with van der Waals surface area (Å²) in [6.45, 7) is 7.58. The average Bonchev–Trinajstić information content (AvgIpc) is 2.62. The van der Waals surface area contributed by atoms with E-state index < -0.39 is 5.54 Å². The number of rotatable bonds is 3. The van der Waals surface area contributed by atoms with Crippen LogP contribution in [0.25, 0.3) is 0 Å². The lowest BCUT2D eigenvalue weighted by molar-refractivity contribution is -0.139. The molecule has 0 aromatic carbocycles. The van der Waals surface area contributed by atoms with Crippen molar-refractivity contribution in [2.24, 2.45) is 5.73 Å². The van der Waals surface area contributed by atoms with E-state index in [2.05, 4.69) is 21.8 Å². The fourth-order valence-electron chi connectivity index (χ4n) is 3.80. The smallest absolute Gasteiger partial charge is 0.247 e. The Morgan fingerprint density at radius 3 is 2.00 bits per heavy atom. The number of amides is 1. The molecule has 0 spiro atoms. The van der Waals surface area contributed by atoms with Gasteiger partial charge >= 0.3 is 0 Å². The Labute approximate surface area is 193 Å². The summed E-state index contributed by atoms with van der Waals surface area (Å²) in [4.78, 5) is 23.8. The summed E-state index contributed by atoms with van der Waals surface area (Å²) in [7, 11) is 2.19. The minimum absolute atomic E-state index is 0. The molecule has 3 rings (SSSR count). The molecule has 0 bridgehead atoms. The maximum Gasteiger partial charge on any atom is 0.247 e. The SMILES string of the molecule is CN1CCC(N2CCN(C(=O)[C@@](C)(N)c3ccncc3)CC2)CC1.Cl.Cl.Cl.Cl. The number of piperazine rings is 1. The first-order chi connectivity index (χ1) is 11.5. The molecule has 2 N–H and O–H groups in total. The zero-order chi connectivity index (χ0) is 17.2. The largest absolute Gasteiger partial charge is 0.338 e. The van der Waals surface area contributed by atoms with Crippen LogP contribution < -0.4 is 5.73 Å². The highest BCUT2D eigenvalue weighted by Gasteiger charge is 2.36. The number of pyridine rings is 1. The van der Waals surface area contributed by atoms with Crippen LogP contribution in [0.3, 0.4) is 0 Å². The predicted molar refractivity (Wildman–Crippen MR) is 123 cm³/mol. The number of nitrogens with two attached hydrogens (primary N) is 1. The first-order valence-corrected chi connectivity index (χ1v) is 8.90. The van der Waals surface area contributed by atoms with Crippen LogP contribution in [0.5, 0.6) is 0 Å². The number of likely N-dealkylation sites (tertiary alicyclic amines) is 1. The summed E-state index contributed by atoms with van der Waals surface area (Å²) >= 11 is 0. The van der Waals surface area contributed by atoms with Crippen molar-refractivity contribution in [2.45, 2.75) is 31.3 Å². The molecule has 6 nitrogen and oxygen atoms in total. The van der Waals surface area contributed by atoms with Gasteiger partial charge in [0, 0.05) is 44.6 Å². The molecule has 0 unspecified atom stereocenters. The van der Waals surface area contributed by atoms with Gasteiger partial charge in [-0.3, -0.25) is 14.7 Å². The third-order valence-corrected chi connectivity index (χ3v) is 5.53. The van der Waals surface area contributed by atoms with Gasteiger partial charge in [0.05, 0.1) is 0 Å². The van der Waals surface area contributed by atoms with Crippen LogP contribution in [0.15, 0.2) is 24.5 Å². The first-order valence-electron chi connectivity index (χ1n) is 8.90. The molecule has 0 saturated carbocycles. The van der Waals surface area contributed by atoms with Gasteiger partial charge in [-0.1, -0.05) is 0 Å². The molecule has 0 radical (unpaired) electrons. The molecule has 10 heteroatoms. The fraction of sp³-hybridized carbons (Fsp3) is 0.667. The van der Waals surface area contributed by atoms with E-state index in [1.54, 1.807) is 19.3 Å². The quantitative estimate of drug-likeness (QED) is 0.724. The Balaban J connectivity index is 0. The van der Waals surface area contributed by atoms with Crippen LogP contribution in [0.4, 0.5) is 0 Å². The first kappa shape index (κ1) is 29.9. The Bertz CT molecular complexity index is 562. The lowest BCUT2D eigenvalue weighted by Gasteiger charge is -2.43. The number of nitrogens with zero attached hydrogens (tertiary/aromatic N) is 4. The van der Waals surface area contributed by atoms with Crippen LogP contribution in [0.2, 0.25) is 0 Å². The zero-order valence-electron chi connectivity index (χ0n) is 16.5. The Morgan fingerprint density at radius 2 is 1.50 bits per heavy atom. The summed E-state index contributed by atoms with van der Waals surface area (Å²) in [6.07, 6.45) is 5.84. The topological polar surface area (TPSA) is 65.7 Å². The van der Waals surface area contributed by atoms with Gasteiger partial charge in [0.2, 0.25) is 5.91 Å². The summed E-state index contributed by atoms with van der Waals surface area (Å²) in [5, 5.41) is 0. The molecule has 2 fully saturated rings. The molecule has 1 amide bonds. The Morgan fingerprint density at radius 1 is 1.00 bits per heavy atom.